The average molecular weight is 226 g/mol. The third-order valence-electron chi connectivity index (χ3n) is 2.71. The molecule has 1 saturated carbocycles. The van der Waals surface area contributed by atoms with E-state index >= 15 is 0 Å². The molecule has 1 N–H and O–H groups in total. The normalized spacial score (nSPS) is 17.1. The zero-order valence-electron chi connectivity index (χ0n) is 10.6. The van der Waals surface area contributed by atoms with E-state index < -0.39 is 0 Å². The Kier molecular flexibility index (Phi) is 4.33. The number of hydrogen-bond acceptors (Lipinski definition) is 2. The molecule has 0 spiro atoms. The smallest absolute Gasteiger partial charge is 0.244 e. The quantitative estimate of drug-likeness (QED) is 0.760. The van der Waals surface area contributed by atoms with Crippen LogP contribution in [0.15, 0.2) is 0 Å². The van der Waals surface area contributed by atoms with Gasteiger partial charge >= 0.3 is 0 Å². The lowest BCUT2D eigenvalue weighted by Crippen LogP contribution is -2.47. The van der Waals surface area contributed by atoms with Gasteiger partial charge in [-0.25, -0.2) is 0 Å². The van der Waals surface area contributed by atoms with E-state index in [-0.39, 0.29) is 23.8 Å². The van der Waals surface area contributed by atoms with E-state index in [1.165, 1.54) is 0 Å². The van der Waals surface area contributed by atoms with Gasteiger partial charge in [-0.1, -0.05) is 13.8 Å². The van der Waals surface area contributed by atoms with E-state index in [4.69, 9.17) is 0 Å². The summed E-state index contributed by atoms with van der Waals surface area (Å²) in [6.45, 7) is 4.11. The van der Waals surface area contributed by atoms with Gasteiger partial charge in [-0.3, -0.25) is 9.59 Å². The molecule has 1 aliphatic rings. The van der Waals surface area contributed by atoms with Crippen LogP contribution in [0.25, 0.3) is 0 Å². The highest BCUT2D eigenvalue weighted by Crippen LogP contribution is 2.29. The van der Waals surface area contributed by atoms with Gasteiger partial charge in [0.1, 0.15) is 6.04 Å². The molecule has 0 aromatic rings. The Morgan fingerprint density at radius 2 is 1.88 bits per heavy atom. The second-order valence-corrected chi connectivity index (χ2v) is 5.20. The summed E-state index contributed by atoms with van der Waals surface area (Å²) >= 11 is 0. The van der Waals surface area contributed by atoms with Crippen molar-refractivity contribution in [2.75, 3.05) is 14.1 Å². The number of amides is 2. The minimum atomic E-state index is -0.358. The molecule has 1 fully saturated rings. The van der Waals surface area contributed by atoms with Crippen molar-refractivity contribution in [3.8, 4) is 0 Å². The number of hydrogen-bond donors (Lipinski definition) is 1. The first kappa shape index (κ1) is 13.0. The summed E-state index contributed by atoms with van der Waals surface area (Å²) in [5.41, 5.74) is 0. The Labute approximate surface area is 97.4 Å². The predicted octanol–water partition coefficient (Wildman–Crippen LogP) is 1.02. The summed E-state index contributed by atoms with van der Waals surface area (Å²) in [5, 5.41) is 2.86. The highest BCUT2D eigenvalue weighted by Gasteiger charge is 2.33. The Hall–Kier alpha value is -1.06. The van der Waals surface area contributed by atoms with Gasteiger partial charge in [-0.05, 0) is 25.2 Å². The highest BCUT2D eigenvalue weighted by molar-refractivity contribution is 5.89. The van der Waals surface area contributed by atoms with Crippen molar-refractivity contribution in [2.45, 2.75) is 39.2 Å². The molecule has 2 amide bonds. The largest absolute Gasteiger partial charge is 0.347 e. The summed E-state index contributed by atoms with van der Waals surface area (Å²) in [6.07, 6.45) is 2.64. The lowest BCUT2D eigenvalue weighted by Gasteiger charge is -2.23. The van der Waals surface area contributed by atoms with Crippen LogP contribution in [0.2, 0.25) is 0 Å². The summed E-state index contributed by atoms with van der Waals surface area (Å²) in [7, 11) is 3.44. The highest BCUT2D eigenvalue weighted by atomic mass is 16.2. The lowest BCUT2D eigenvalue weighted by molar-refractivity contribution is -0.135. The van der Waals surface area contributed by atoms with E-state index in [1.54, 1.807) is 19.0 Å². The molecule has 16 heavy (non-hydrogen) atoms. The van der Waals surface area contributed by atoms with Gasteiger partial charge in [0, 0.05) is 20.0 Å². The topological polar surface area (TPSA) is 49.4 Å². The van der Waals surface area contributed by atoms with Crippen LogP contribution in [0, 0.1) is 11.8 Å². The summed E-state index contributed by atoms with van der Waals surface area (Å²) in [6, 6.07) is -0.358. The molecular weight excluding hydrogens is 204 g/mol. The Morgan fingerprint density at radius 1 is 1.31 bits per heavy atom. The minimum Gasteiger partial charge on any atom is -0.347 e. The fraction of sp³-hybridized carbons (Fsp3) is 0.833. The Balaban J connectivity index is 2.55. The SMILES string of the molecule is CC(C)C[C@@H](NC(=O)C1CC1)C(=O)N(C)C. The molecule has 4 nitrogen and oxygen atoms in total. The molecule has 4 heteroatoms. The zero-order valence-corrected chi connectivity index (χ0v) is 10.6. The van der Waals surface area contributed by atoms with Crippen molar-refractivity contribution in [2.24, 2.45) is 11.8 Å². The van der Waals surface area contributed by atoms with Crippen molar-refractivity contribution in [3.05, 3.63) is 0 Å². The van der Waals surface area contributed by atoms with E-state index in [0.717, 1.165) is 12.8 Å². The van der Waals surface area contributed by atoms with Gasteiger partial charge < -0.3 is 10.2 Å². The molecule has 0 aromatic carbocycles. The van der Waals surface area contributed by atoms with Crippen molar-refractivity contribution >= 4 is 11.8 Å². The van der Waals surface area contributed by atoms with E-state index in [9.17, 15) is 9.59 Å². The van der Waals surface area contributed by atoms with Crippen LogP contribution in [0.1, 0.15) is 33.1 Å². The molecule has 0 saturated heterocycles. The fourth-order valence-electron chi connectivity index (χ4n) is 1.64. The summed E-state index contributed by atoms with van der Waals surface area (Å²) in [4.78, 5) is 25.1. The van der Waals surface area contributed by atoms with Crippen molar-refractivity contribution in [1.29, 1.82) is 0 Å². The lowest BCUT2D eigenvalue weighted by atomic mass is 10.0. The zero-order chi connectivity index (χ0) is 12.3. The maximum absolute atomic E-state index is 11.9. The molecule has 0 bridgehead atoms. The predicted molar refractivity (Wildman–Crippen MR) is 62.8 cm³/mol. The van der Waals surface area contributed by atoms with E-state index in [0.29, 0.717) is 12.3 Å². The second kappa shape index (κ2) is 5.32. The number of rotatable bonds is 5. The summed E-state index contributed by atoms with van der Waals surface area (Å²) < 4.78 is 0. The van der Waals surface area contributed by atoms with Crippen LogP contribution in [0.3, 0.4) is 0 Å². The number of nitrogens with one attached hydrogen (secondary N) is 1. The van der Waals surface area contributed by atoms with Crippen LogP contribution in [0.5, 0.6) is 0 Å². The number of carbonyl (C=O) groups excluding carboxylic acids is 2. The van der Waals surface area contributed by atoms with Gasteiger partial charge in [0.15, 0.2) is 0 Å². The molecule has 92 valence electrons. The van der Waals surface area contributed by atoms with Crippen LogP contribution >= 0.6 is 0 Å². The second-order valence-electron chi connectivity index (χ2n) is 5.20. The van der Waals surface area contributed by atoms with Gasteiger partial charge in [-0.15, -0.1) is 0 Å². The maximum Gasteiger partial charge on any atom is 0.244 e. The standard InChI is InChI=1S/C12H22N2O2/c1-8(2)7-10(12(16)14(3)4)13-11(15)9-5-6-9/h8-10H,5-7H2,1-4H3,(H,13,15)/t10-/m1/s1. The molecule has 1 aliphatic carbocycles. The van der Waals surface area contributed by atoms with E-state index in [2.05, 4.69) is 19.2 Å². The Morgan fingerprint density at radius 3 is 2.25 bits per heavy atom. The number of carbonyl (C=O) groups is 2. The molecule has 1 rings (SSSR count). The monoisotopic (exact) mass is 226 g/mol. The van der Waals surface area contributed by atoms with Crippen molar-refractivity contribution in [1.82, 2.24) is 10.2 Å². The van der Waals surface area contributed by atoms with Crippen LogP contribution < -0.4 is 5.32 Å². The molecule has 1 atom stereocenters. The van der Waals surface area contributed by atoms with Crippen LogP contribution in [-0.2, 0) is 9.59 Å². The van der Waals surface area contributed by atoms with Crippen molar-refractivity contribution < 1.29 is 9.59 Å². The van der Waals surface area contributed by atoms with Gasteiger partial charge in [-0.2, -0.15) is 0 Å². The molecule has 0 aliphatic heterocycles. The third-order valence-corrected chi connectivity index (χ3v) is 2.71. The first-order chi connectivity index (χ1) is 7.41. The minimum absolute atomic E-state index is 0.0114. The maximum atomic E-state index is 11.9. The third kappa shape index (κ3) is 3.83. The van der Waals surface area contributed by atoms with Gasteiger partial charge in [0.2, 0.25) is 11.8 Å². The van der Waals surface area contributed by atoms with Gasteiger partial charge in [0.25, 0.3) is 0 Å². The van der Waals surface area contributed by atoms with Crippen molar-refractivity contribution in [3.63, 3.8) is 0 Å². The fourth-order valence-corrected chi connectivity index (χ4v) is 1.64. The average Bonchev–Trinajstić information content (AvgIpc) is 2.97. The molecule has 0 radical (unpaired) electrons. The summed E-state index contributed by atoms with van der Waals surface area (Å²) in [5.74, 6) is 0.585. The molecular formula is C12H22N2O2. The van der Waals surface area contributed by atoms with E-state index in [1.807, 2.05) is 0 Å². The molecule has 0 unspecified atom stereocenters. The number of nitrogens with zero attached hydrogens (tertiary/aromatic N) is 1. The number of likely N-dealkylation sites (N-methyl/N-ethyl adjacent to an activating group) is 1. The first-order valence-corrected chi connectivity index (χ1v) is 5.93. The Bertz CT molecular complexity index is 270. The first-order valence-electron chi connectivity index (χ1n) is 5.93. The molecule has 0 heterocycles. The van der Waals surface area contributed by atoms with Crippen LogP contribution in [0.4, 0.5) is 0 Å². The van der Waals surface area contributed by atoms with Gasteiger partial charge in [0.05, 0.1) is 0 Å². The molecule has 0 aromatic heterocycles. The van der Waals surface area contributed by atoms with Crippen LogP contribution in [-0.4, -0.2) is 36.9 Å².